The number of hydrazine groups is 1. The summed E-state index contributed by atoms with van der Waals surface area (Å²) in [4.78, 5) is 1.33. The predicted octanol–water partition coefficient (Wildman–Crippen LogP) is 3.55. The first kappa shape index (κ1) is 15.0. The molecule has 1 fully saturated rings. The Hall–Kier alpha value is -0.420. The second kappa shape index (κ2) is 7.39. The van der Waals surface area contributed by atoms with Gasteiger partial charge in [0.15, 0.2) is 0 Å². The van der Waals surface area contributed by atoms with Crippen LogP contribution in [0.3, 0.4) is 0 Å². The summed E-state index contributed by atoms with van der Waals surface area (Å²) in [5, 5.41) is 2.20. The number of ether oxygens (including phenoxy) is 1. The zero-order valence-electron chi connectivity index (χ0n) is 12.0. The second-order valence-electron chi connectivity index (χ2n) is 5.45. The van der Waals surface area contributed by atoms with Crippen LogP contribution in [0.5, 0.6) is 0 Å². The second-order valence-corrected chi connectivity index (χ2v) is 6.57. The molecule has 1 aliphatic carbocycles. The number of hydrogen-bond donors (Lipinski definition) is 2. The molecular formula is C15H26N2OS. The molecule has 1 heterocycles. The van der Waals surface area contributed by atoms with Crippen LogP contribution < -0.4 is 11.3 Å². The highest BCUT2D eigenvalue weighted by Crippen LogP contribution is 2.35. The summed E-state index contributed by atoms with van der Waals surface area (Å²) < 4.78 is 6.06. The van der Waals surface area contributed by atoms with Gasteiger partial charge < -0.3 is 4.74 Å². The molecule has 1 aromatic rings. The minimum atomic E-state index is 0.119. The Labute approximate surface area is 120 Å². The monoisotopic (exact) mass is 282 g/mol. The lowest BCUT2D eigenvalue weighted by Gasteiger charge is -2.35. The molecule has 0 spiro atoms. The zero-order valence-corrected chi connectivity index (χ0v) is 12.8. The maximum absolute atomic E-state index is 6.06. The van der Waals surface area contributed by atoms with Gasteiger partial charge in [-0.2, -0.15) is 0 Å². The van der Waals surface area contributed by atoms with Crippen molar-refractivity contribution in [2.24, 2.45) is 11.8 Å². The largest absolute Gasteiger partial charge is 0.376 e. The third-order valence-corrected chi connectivity index (χ3v) is 4.97. The Balaban J connectivity index is 2.14. The maximum Gasteiger partial charge on any atom is 0.0810 e. The summed E-state index contributed by atoms with van der Waals surface area (Å²) in [6, 6.07) is 2.34. The molecule has 2 atom stereocenters. The van der Waals surface area contributed by atoms with Crippen molar-refractivity contribution in [3.8, 4) is 0 Å². The fourth-order valence-corrected chi connectivity index (χ4v) is 3.91. The summed E-state index contributed by atoms with van der Waals surface area (Å²) in [5.74, 6) is 6.46. The fourth-order valence-electron chi connectivity index (χ4n) is 3.17. The highest BCUT2D eigenvalue weighted by Gasteiger charge is 2.32. The molecule has 2 rings (SSSR count). The summed E-state index contributed by atoms with van der Waals surface area (Å²) in [5.41, 5.74) is 4.27. The van der Waals surface area contributed by atoms with Crippen molar-refractivity contribution in [3.63, 3.8) is 0 Å². The molecule has 1 aromatic heterocycles. The van der Waals surface area contributed by atoms with Crippen LogP contribution in [0.2, 0.25) is 0 Å². The Morgan fingerprint density at radius 2 is 2.16 bits per heavy atom. The quantitative estimate of drug-likeness (QED) is 0.619. The van der Waals surface area contributed by atoms with Crippen LogP contribution in [-0.4, -0.2) is 12.7 Å². The van der Waals surface area contributed by atoms with Crippen molar-refractivity contribution < 1.29 is 4.74 Å². The first-order valence-corrected chi connectivity index (χ1v) is 8.27. The van der Waals surface area contributed by atoms with Gasteiger partial charge in [0.05, 0.1) is 12.1 Å². The molecule has 108 valence electrons. The van der Waals surface area contributed by atoms with Crippen LogP contribution in [0.1, 0.15) is 55.5 Å². The highest BCUT2D eigenvalue weighted by molar-refractivity contribution is 7.10. The molecule has 4 heteroatoms. The summed E-state index contributed by atoms with van der Waals surface area (Å²) in [6.45, 7) is 4.96. The van der Waals surface area contributed by atoms with Crippen molar-refractivity contribution in [3.05, 3.63) is 21.9 Å². The van der Waals surface area contributed by atoms with E-state index in [0.717, 1.165) is 6.61 Å². The number of nitrogens with one attached hydrogen (secondary N) is 1. The predicted molar refractivity (Wildman–Crippen MR) is 81.1 cm³/mol. The van der Waals surface area contributed by atoms with E-state index >= 15 is 0 Å². The van der Waals surface area contributed by atoms with Crippen LogP contribution in [0.4, 0.5) is 0 Å². The van der Waals surface area contributed by atoms with Gasteiger partial charge in [0.25, 0.3) is 0 Å². The minimum Gasteiger partial charge on any atom is -0.376 e. The minimum absolute atomic E-state index is 0.119. The average Bonchev–Trinajstić information content (AvgIpc) is 2.86. The van der Waals surface area contributed by atoms with E-state index < -0.39 is 0 Å². The van der Waals surface area contributed by atoms with Crippen LogP contribution in [-0.2, 0) is 4.74 Å². The van der Waals surface area contributed by atoms with E-state index in [1.807, 2.05) is 0 Å². The van der Waals surface area contributed by atoms with Crippen molar-refractivity contribution in [2.75, 3.05) is 6.61 Å². The smallest absolute Gasteiger partial charge is 0.0810 e. The van der Waals surface area contributed by atoms with Gasteiger partial charge in [-0.3, -0.25) is 11.3 Å². The van der Waals surface area contributed by atoms with Gasteiger partial charge >= 0.3 is 0 Å². The average molecular weight is 282 g/mol. The van der Waals surface area contributed by atoms with E-state index in [0.29, 0.717) is 5.92 Å². The number of hydrogen-bond acceptors (Lipinski definition) is 4. The van der Waals surface area contributed by atoms with Gasteiger partial charge in [0.2, 0.25) is 0 Å². The molecule has 0 amide bonds. The van der Waals surface area contributed by atoms with Crippen molar-refractivity contribution in [1.82, 2.24) is 5.43 Å². The van der Waals surface area contributed by atoms with Crippen LogP contribution in [0.15, 0.2) is 11.4 Å². The first-order valence-electron chi connectivity index (χ1n) is 7.39. The standard InChI is InChI=1S/C15H26N2OS/c1-3-18-15(12-7-5-4-6-8-12)14(17-16)13-9-11(2)19-10-13/h9-10,12,14-15,17H,3-8,16H2,1-2H3. The van der Waals surface area contributed by atoms with Gasteiger partial charge in [-0.1, -0.05) is 19.3 Å². The molecule has 2 unspecified atom stereocenters. The molecule has 3 N–H and O–H groups in total. The molecule has 0 bridgehead atoms. The van der Waals surface area contributed by atoms with Crippen LogP contribution in [0, 0.1) is 12.8 Å². The summed E-state index contributed by atoms with van der Waals surface area (Å²) >= 11 is 1.78. The molecule has 19 heavy (non-hydrogen) atoms. The normalized spacial score (nSPS) is 20.4. The van der Waals surface area contributed by atoms with Gasteiger partial charge in [-0.25, -0.2) is 0 Å². The Kier molecular flexibility index (Phi) is 5.82. The first-order chi connectivity index (χ1) is 9.26. The van der Waals surface area contributed by atoms with Gasteiger partial charge in [-0.05, 0) is 49.6 Å². The highest BCUT2D eigenvalue weighted by atomic mass is 32.1. The van der Waals surface area contributed by atoms with Crippen molar-refractivity contribution >= 4 is 11.3 Å². The topological polar surface area (TPSA) is 47.3 Å². The lowest BCUT2D eigenvalue weighted by molar-refractivity contribution is -0.0183. The molecule has 0 radical (unpaired) electrons. The van der Waals surface area contributed by atoms with Gasteiger partial charge in [0, 0.05) is 11.5 Å². The summed E-state index contributed by atoms with van der Waals surface area (Å²) in [6.07, 6.45) is 6.76. The number of thiophene rings is 1. The van der Waals surface area contributed by atoms with Gasteiger partial charge in [0.1, 0.15) is 0 Å². The Bertz CT molecular complexity index is 374. The van der Waals surface area contributed by atoms with E-state index in [-0.39, 0.29) is 12.1 Å². The molecular weight excluding hydrogens is 256 g/mol. The van der Waals surface area contributed by atoms with Crippen LogP contribution >= 0.6 is 11.3 Å². The fraction of sp³-hybridized carbons (Fsp3) is 0.733. The zero-order chi connectivity index (χ0) is 13.7. The van der Waals surface area contributed by atoms with Crippen molar-refractivity contribution in [1.29, 1.82) is 0 Å². The lowest BCUT2D eigenvalue weighted by atomic mass is 9.81. The Morgan fingerprint density at radius 3 is 2.68 bits per heavy atom. The molecule has 1 aliphatic rings. The number of aryl methyl sites for hydroxylation is 1. The molecule has 0 aromatic carbocycles. The molecule has 0 saturated heterocycles. The molecule has 0 aliphatic heterocycles. The molecule has 1 saturated carbocycles. The number of rotatable bonds is 6. The van der Waals surface area contributed by atoms with E-state index in [2.05, 4.69) is 30.7 Å². The van der Waals surface area contributed by atoms with Gasteiger partial charge in [-0.15, -0.1) is 11.3 Å². The van der Waals surface area contributed by atoms with Crippen molar-refractivity contribution in [2.45, 2.75) is 58.1 Å². The number of nitrogens with two attached hydrogens (primary N) is 1. The van der Waals surface area contributed by atoms with E-state index in [4.69, 9.17) is 10.6 Å². The third kappa shape index (κ3) is 3.78. The summed E-state index contributed by atoms with van der Waals surface area (Å²) in [7, 11) is 0. The Morgan fingerprint density at radius 1 is 1.42 bits per heavy atom. The third-order valence-electron chi connectivity index (χ3n) is 4.09. The maximum atomic E-state index is 6.06. The van der Waals surface area contributed by atoms with E-state index in [1.54, 1.807) is 11.3 Å². The SMILES string of the molecule is CCOC(C1CCCCC1)C(NN)c1csc(C)c1. The molecule has 3 nitrogen and oxygen atoms in total. The van der Waals surface area contributed by atoms with Crippen LogP contribution in [0.25, 0.3) is 0 Å². The lowest BCUT2D eigenvalue weighted by Crippen LogP contribution is -2.42. The van der Waals surface area contributed by atoms with E-state index in [1.165, 1.54) is 42.5 Å². The van der Waals surface area contributed by atoms with E-state index in [9.17, 15) is 0 Å².